The van der Waals surface area contributed by atoms with E-state index in [4.69, 9.17) is 28.9 Å². The van der Waals surface area contributed by atoms with Crippen molar-refractivity contribution in [3.05, 3.63) is 33.6 Å². The van der Waals surface area contributed by atoms with Crippen LogP contribution in [0.2, 0.25) is 10.0 Å². The van der Waals surface area contributed by atoms with Crippen molar-refractivity contribution >= 4 is 40.7 Å². The number of nitrogens with two attached hydrogens (primary N) is 1. The highest BCUT2D eigenvalue weighted by molar-refractivity contribution is 6.37. The van der Waals surface area contributed by atoms with E-state index >= 15 is 0 Å². The van der Waals surface area contributed by atoms with E-state index in [0.29, 0.717) is 0 Å². The first-order chi connectivity index (χ1) is 8.32. The minimum atomic E-state index is -1.18. The van der Waals surface area contributed by atoms with E-state index in [0.717, 1.165) is 6.07 Å². The third-order valence-corrected chi connectivity index (χ3v) is 2.55. The number of hydrogen-bond donors (Lipinski definition) is 2. The van der Waals surface area contributed by atoms with Gasteiger partial charge in [-0.3, -0.25) is 9.59 Å². The Morgan fingerprint density at radius 3 is 2.50 bits per heavy atom. The first kappa shape index (κ1) is 14.4. The number of carbonyl (C=O) groups excluding carboxylic acids is 2. The molecule has 18 heavy (non-hydrogen) atoms. The fraction of sp³-hybridized carbons (Fsp3) is 0.100. The van der Waals surface area contributed by atoms with Gasteiger partial charge in [-0.15, -0.1) is 0 Å². The lowest BCUT2D eigenvalue weighted by atomic mass is 10.1. The van der Waals surface area contributed by atoms with Crippen LogP contribution in [-0.2, 0) is 9.59 Å². The largest absolute Gasteiger partial charge is 0.361 e. The summed E-state index contributed by atoms with van der Waals surface area (Å²) >= 11 is 11.4. The predicted octanol–water partition coefficient (Wildman–Crippen LogP) is 1.46. The van der Waals surface area contributed by atoms with E-state index in [1.54, 1.807) is 0 Å². The van der Waals surface area contributed by atoms with Crippen LogP contribution in [0.4, 0.5) is 4.39 Å². The van der Waals surface area contributed by atoms with Crippen molar-refractivity contribution < 1.29 is 14.0 Å². The third-order valence-electron chi connectivity index (χ3n) is 1.95. The summed E-state index contributed by atoms with van der Waals surface area (Å²) in [6, 6.07) is 2.28. The maximum atomic E-state index is 13.2. The van der Waals surface area contributed by atoms with Crippen molar-refractivity contribution in [3.63, 3.8) is 0 Å². The number of benzene rings is 1. The molecule has 0 heterocycles. The predicted molar refractivity (Wildman–Crippen MR) is 66.0 cm³/mol. The normalized spacial score (nSPS) is 11.2. The van der Waals surface area contributed by atoms with Crippen LogP contribution >= 0.6 is 23.2 Å². The van der Waals surface area contributed by atoms with Gasteiger partial charge in [-0.1, -0.05) is 23.2 Å². The molecule has 0 unspecified atom stereocenters. The van der Waals surface area contributed by atoms with Gasteiger partial charge in [0.25, 0.3) is 0 Å². The highest BCUT2D eigenvalue weighted by Gasteiger charge is 2.11. The molecule has 2 amide bonds. The molecule has 0 bridgehead atoms. The lowest BCUT2D eigenvalue weighted by molar-refractivity contribution is -0.137. The molecule has 1 rings (SSSR count). The van der Waals surface area contributed by atoms with E-state index in [9.17, 15) is 14.0 Å². The van der Waals surface area contributed by atoms with Crippen molar-refractivity contribution in [1.29, 1.82) is 0 Å². The van der Waals surface area contributed by atoms with E-state index < -0.39 is 17.6 Å². The molecule has 0 saturated carbocycles. The molecule has 0 aliphatic heterocycles. The Kier molecular flexibility index (Phi) is 4.63. The van der Waals surface area contributed by atoms with Crippen LogP contribution in [0.15, 0.2) is 17.2 Å². The number of hydrazone groups is 1. The van der Waals surface area contributed by atoms with Gasteiger partial charge in [0.05, 0.1) is 15.8 Å². The second kappa shape index (κ2) is 5.79. The van der Waals surface area contributed by atoms with E-state index in [1.165, 1.54) is 13.0 Å². The number of halogens is 3. The smallest absolute Gasteiger partial charge is 0.329 e. The molecular weight excluding hydrogens is 284 g/mol. The average molecular weight is 292 g/mol. The third kappa shape index (κ3) is 3.41. The lowest BCUT2D eigenvalue weighted by Gasteiger charge is -2.05. The van der Waals surface area contributed by atoms with Crippen LogP contribution in [0.1, 0.15) is 12.5 Å². The molecule has 1 aromatic carbocycles. The lowest BCUT2D eigenvalue weighted by Crippen LogP contribution is -2.33. The summed E-state index contributed by atoms with van der Waals surface area (Å²) in [5.74, 6) is -2.94. The SMILES string of the molecule is C/C(=N/NC(=O)C(N)=O)c1cc(F)c(Cl)cc1Cl. The van der Waals surface area contributed by atoms with Crippen LogP contribution in [0.5, 0.6) is 0 Å². The molecule has 1 aromatic rings. The second-order valence-electron chi connectivity index (χ2n) is 3.25. The molecule has 8 heteroatoms. The number of amides is 2. The Bertz CT molecular complexity index is 546. The summed E-state index contributed by atoms with van der Waals surface area (Å²) < 4.78 is 13.2. The Balaban J connectivity index is 3.00. The monoisotopic (exact) mass is 291 g/mol. The summed E-state index contributed by atoms with van der Waals surface area (Å²) in [5.41, 5.74) is 7.05. The molecule has 0 spiro atoms. The average Bonchev–Trinajstić information content (AvgIpc) is 2.30. The van der Waals surface area contributed by atoms with Gasteiger partial charge in [0.15, 0.2) is 0 Å². The van der Waals surface area contributed by atoms with Gasteiger partial charge in [-0.05, 0) is 19.1 Å². The van der Waals surface area contributed by atoms with Crippen molar-refractivity contribution in [3.8, 4) is 0 Å². The van der Waals surface area contributed by atoms with E-state index in [-0.39, 0.29) is 21.3 Å². The molecule has 5 nitrogen and oxygen atoms in total. The Morgan fingerprint density at radius 1 is 1.33 bits per heavy atom. The van der Waals surface area contributed by atoms with E-state index in [2.05, 4.69) is 5.10 Å². The van der Waals surface area contributed by atoms with Gasteiger partial charge in [0.2, 0.25) is 0 Å². The number of primary amides is 1. The van der Waals surface area contributed by atoms with Gasteiger partial charge in [0.1, 0.15) is 5.82 Å². The first-order valence-electron chi connectivity index (χ1n) is 4.62. The van der Waals surface area contributed by atoms with Gasteiger partial charge in [-0.25, -0.2) is 9.82 Å². The Hall–Kier alpha value is -1.66. The molecule has 0 aliphatic carbocycles. The maximum absolute atomic E-state index is 13.2. The number of nitrogens with one attached hydrogen (secondary N) is 1. The van der Waals surface area contributed by atoms with Crippen LogP contribution in [-0.4, -0.2) is 17.5 Å². The highest BCUT2D eigenvalue weighted by atomic mass is 35.5. The zero-order valence-electron chi connectivity index (χ0n) is 9.13. The molecule has 3 N–H and O–H groups in total. The Labute approximate surface area is 112 Å². The van der Waals surface area contributed by atoms with Gasteiger partial charge in [0, 0.05) is 5.56 Å². The molecule has 0 aromatic heterocycles. The van der Waals surface area contributed by atoms with Crippen LogP contribution in [0.3, 0.4) is 0 Å². The minimum Gasteiger partial charge on any atom is -0.361 e. The van der Waals surface area contributed by atoms with Crippen molar-refractivity contribution in [1.82, 2.24) is 5.43 Å². The molecular formula is C10H8Cl2FN3O2. The molecule has 0 fully saturated rings. The standard InChI is InChI=1S/C10H8Cl2FN3O2/c1-4(15-16-10(18)9(14)17)5-2-8(13)7(12)3-6(5)11/h2-3H,1H3,(H2,14,17)(H,16,18)/b15-4-. The summed E-state index contributed by atoms with van der Waals surface area (Å²) in [7, 11) is 0. The molecule has 0 radical (unpaired) electrons. The van der Waals surface area contributed by atoms with Crippen molar-refractivity contribution in [2.45, 2.75) is 6.92 Å². The second-order valence-corrected chi connectivity index (χ2v) is 4.06. The fourth-order valence-electron chi connectivity index (χ4n) is 1.05. The number of carbonyl (C=O) groups is 2. The molecule has 0 aliphatic rings. The summed E-state index contributed by atoms with van der Waals surface area (Å²) in [6.45, 7) is 1.47. The van der Waals surface area contributed by atoms with E-state index in [1.807, 2.05) is 5.43 Å². The number of nitrogens with zero attached hydrogens (tertiary/aromatic N) is 1. The fourth-order valence-corrected chi connectivity index (χ4v) is 1.57. The van der Waals surface area contributed by atoms with Crippen molar-refractivity contribution in [2.24, 2.45) is 10.8 Å². The minimum absolute atomic E-state index is 0.127. The van der Waals surface area contributed by atoms with Crippen LogP contribution in [0.25, 0.3) is 0 Å². The maximum Gasteiger partial charge on any atom is 0.329 e. The van der Waals surface area contributed by atoms with Gasteiger partial charge in [-0.2, -0.15) is 5.10 Å². The first-order valence-corrected chi connectivity index (χ1v) is 5.37. The van der Waals surface area contributed by atoms with Gasteiger partial charge < -0.3 is 5.73 Å². The molecule has 0 atom stereocenters. The van der Waals surface area contributed by atoms with Crippen molar-refractivity contribution in [2.75, 3.05) is 0 Å². The molecule has 0 saturated heterocycles. The Morgan fingerprint density at radius 2 is 1.94 bits per heavy atom. The molecule has 96 valence electrons. The van der Waals surface area contributed by atoms with Crippen LogP contribution in [0, 0.1) is 5.82 Å². The van der Waals surface area contributed by atoms with Gasteiger partial charge >= 0.3 is 11.8 Å². The zero-order valence-corrected chi connectivity index (χ0v) is 10.6. The number of hydrogen-bond acceptors (Lipinski definition) is 3. The quantitative estimate of drug-likeness (QED) is 0.374. The topological polar surface area (TPSA) is 84.6 Å². The summed E-state index contributed by atoms with van der Waals surface area (Å²) in [6.07, 6.45) is 0. The highest BCUT2D eigenvalue weighted by Crippen LogP contribution is 2.24. The number of rotatable bonds is 2. The summed E-state index contributed by atoms with van der Waals surface area (Å²) in [4.78, 5) is 21.3. The van der Waals surface area contributed by atoms with Crippen LogP contribution < -0.4 is 11.2 Å². The summed E-state index contributed by atoms with van der Waals surface area (Å²) in [5, 5.41) is 3.61. The zero-order chi connectivity index (χ0) is 13.9.